The number of aliphatic hydroxyl groups excluding tert-OH is 1. The lowest BCUT2D eigenvalue weighted by Crippen LogP contribution is -2.75. The van der Waals surface area contributed by atoms with E-state index in [0.29, 0.717) is 23.0 Å². The van der Waals surface area contributed by atoms with Gasteiger partial charge in [0, 0.05) is 50.6 Å². The van der Waals surface area contributed by atoms with Gasteiger partial charge in [0.2, 0.25) is 0 Å². The third-order valence-corrected chi connectivity index (χ3v) is 153. The van der Waals surface area contributed by atoms with Crippen LogP contribution in [0.5, 0.6) is 0 Å². The maximum atomic E-state index is 14.5. The molecule has 0 aromatic carbocycles. The average Bonchev–Trinajstić information content (AvgIpc) is 3.52. The Labute approximate surface area is 456 Å². The standard InChI is InChI=1S/C24H69O11P31S/c1-12-13(33-56(64(51)60(43)44)66(62(47)48)63(49)50)9-24-19(31-20(26)32-24)18-22(4,8-14(17(12)21(24,2)3)34-55(59(41)42)65(53-36)61(45)46)16(35-54(57(37)38)58(39)40)7-15(25)23(18,29-11-52-5)10-30-67(6,27)28/h13-16,18-19,25,52-53H,7-11,36-51H2,1-6H3/t13-,14+,15+,16-,18-,19-,22+,23-,24+,55?,56?,64?,65?/m0/s1. The average molecular weight is 1530 g/mol. The lowest BCUT2D eigenvalue weighted by atomic mass is 9.46. The zero-order chi connectivity index (χ0) is 51.1. The number of ether oxygens (including phenoxy) is 3. The molecule has 3 aliphatic carbocycles. The van der Waals surface area contributed by atoms with Crippen LogP contribution in [0.4, 0.5) is 4.79 Å². The fourth-order valence-electron chi connectivity index (χ4n) is 9.36. The third-order valence-electron chi connectivity index (χ3n) is 12.0. The van der Waals surface area contributed by atoms with Crippen molar-refractivity contribution in [3.05, 3.63) is 11.1 Å². The fourth-order valence-corrected chi connectivity index (χ4v) is 205. The highest BCUT2D eigenvalue weighted by Gasteiger charge is 2.77. The highest BCUT2D eigenvalue weighted by molar-refractivity contribution is 9.19. The Morgan fingerprint density at radius 1 is 0.776 bits per heavy atom. The first-order valence-corrected chi connectivity index (χ1v) is 75.0. The number of aliphatic hydroxyl groups is 1. The summed E-state index contributed by atoms with van der Waals surface area (Å²) < 4.78 is 76.0. The van der Waals surface area contributed by atoms with Gasteiger partial charge in [0.1, 0.15) is 5.60 Å². The number of carbonyl (C=O) groups is 1. The first-order valence-electron chi connectivity index (χ1n) is 19.3. The van der Waals surface area contributed by atoms with Gasteiger partial charge in [-0.05, 0) is 80.1 Å². The molecule has 1 heterocycles. The molecule has 0 radical (unpaired) electrons. The van der Waals surface area contributed by atoms with Crippen molar-refractivity contribution in [3.63, 3.8) is 0 Å². The fraction of sp³-hybridized carbons (Fsp3) is 0.875. The van der Waals surface area contributed by atoms with E-state index in [1.165, 1.54) is 0 Å². The van der Waals surface area contributed by atoms with E-state index in [0.717, 1.165) is 17.4 Å². The summed E-state index contributed by atoms with van der Waals surface area (Å²) in [6, 6.07) is 0. The largest absolute Gasteiger partial charge is 0.509 e. The van der Waals surface area contributed by atoms with Gasteiger partial charge in [-0.1, -0.05) is 46.2 Å². The summed E-state index contributed by atoms with van der Waals surface area (Å²) in [5.74, 6) is -0.907. The van der Waals surface area contributed by atoms with E-state index in [2.05, 4.69) is 171 Å². The number of fused-ring (bicyclic) bond motifs is 3. The Morgan fingerprint density at radius 3 is 1.79 bits per heavy atom. The first-order chi connectivity index (χ1) is 30.8. The van der Waals surface area contributed by atoms with Crippen molar-refractivity contribution in [2.45, 2.75) is 88.7 Å². The highest BCUT2D eigenvalue weighted by atomic mass is 33.2. The Hall–Kier alpha value is 12.0. The summed E-state index contributed by atoms with van der Waals surface area (Å²) in [6.45, 7) is 4.17. The molecule has 11 nitrogen and oxygen atoms in total. The predicted octanol–water partition coefficient (Wildman–Crippen LogP) is 19.3. The van der Waals surface area contributed by atoms with Crippen LogP contribution in [0.25, 0.3) is 0 Å². The van der Waals surface area contributed by atoms with Gasteiger partial charge >= 0.3 is 6.16 Å². The molecule has 1 saturated heterocycles. The van der Waals surface area contributed by atoms with E-state index >= 15 is 0 Å². The molecule has 31 atom stereocenters. The van der Waals surface area contributed by atoms with Crippen molar-refractivity contribution in [2.75, 3.05) is 25.9 Å². The molecule has 67 heavy (non-hydrogen) atoms. The van der Waals surface area contributed by atoms with Gasteiger partial charge in [0.25, 0.3) is 10.1 Å². The normalized spacial score (nSPS) is 33.5. The molecule has 392 valence electrons. The Kier molecular flexibility index (Phi) is 33.2. The molecule has 0 aromatic heterocycles. The van der Waals surface area contributed by atoms with Crippen LogP contribution in [0.15, 0.2) is 11.1 Å². The van der Waals surface area contributed by atoms with Crippen molar-refractivity contribution in [1.82, 2.24) is 0 Å². The van der Waals surface area contributed by atoms with Gasteiger partial charge in [-0.25, -0.2) is 4.79 Å². The summed E-state index contributed by atoms with van der Waals surface area (Å²) in [5, 5.41) is 13.0. The quantitative estimate of drug-likeness (QED) is 0.0453. The summed E-state index contributed by atoms with van der Waals surface area (Å²) >= 11 is 0. The zero-order valence-corrected chi connectivity index (χ0v) is 70.4. The molecule has 22 unspecified atom stereocenters. The second kappa shape index (κ2) is 31.1. The molecule has 4 aliphatic rings. The van der Waals surface area contributed by atoms with E-state index in [-0.39, 0.29) is 19.2 Å². The van der Waals surface area contributed by atoms with Crippen molar-refractivity contribution >= 4 is 268 Å². The molecular formula is C24H69O11P31S. The molecule has 1 aliphatic heterocycles. The van der Waals surface area contributed by atoms with Crippen molar-refractivity contribution in [3.8, 4) is 0 Å². The second-order valence-electron chi connectivity index (χ2n) is 16.4. The summed E-state index contributed by atoms with van der Waals surface area (Å²) in [5.41, 5.74) is -2.84. The minimum atomic E-state index is -4.05. The molecule has 3 fully saturated rings. The van der Waals surface area contributed by atoms with E-state index in [1.807, 2.05) is 6.66 Å². The van der Waals surface area contributed by atoms with Gasteiger partial charge in [-0.2, -0.15) is 8.42 Å². The van der Waals surface area contributed by atoms with Gasteiger partial charge in [-0.3, -0.25) is 4.18 Å². The molecule has 4 rings (SSSR count). The van der Waals surface area contributed by atoms with E-state index < -0.39 is 174 Å². The molecule has 0 aromatic rings. The van der Waals surface area contributed by atoms with Gasteiger partial charge < -0.3 is 32.9 Å². The number of hydrogen-bond donors (Lipinski definition) is 1. The number of carbonyl (C=O) groups excluding carboxylic acids is 1. The topological polar surface area (TPSA) is 136 Å². The SMILES string of the molecule is CPCO[C@@]1(COS(C)(=O)=O)[C@H](O)C[C@H](OP(P(P)P)P(P)P)[C@@]2(C)C[C@@H](OP(P(P)P)P(PP)P(P)P)C3=C(C)[C@@H](OP(P(P)P(P)P)P(P(P)P)P(P)P)C[C@]4(OC(=O)O[C@H]4[C@@H]21)C3(C)C. The number of hydrogen-bond acceptors (Lipinski definition) is 11. The molecule has 0 amide bonds. The Morgan fingerprint density at radius 2 is 1.33 bits per heavy atom. The van der Waals surface area contributed by atoms with E-state index in [4.69, 9.17) is 32.0 Å². The summed E-state index contributed by atoms with van der Waals surface area (Å²) in [4.78, 5) is 14.5. The van der Waals surface area contributed by atoms with Crippen LogP contribution in [0.3, 0.4) is 0 Å². The van der Waals surface area contributed by atoms with Crippen LogP contribution >= 0.6 is 252 Å². The zero-order valence-electron chi connectivity index (χ0n) is 37.5. The van der Waals surface area contributed by atoms with Crippen LogP contribution in [0.2, 0.25) is 0 Å². The molecule has 2 saturated carbocycles. The molecule has 43 heteroatoms. The van der Waals surface area contributed by atoms with Crippen molar-refractivity contribution in [2.24, 2.45) is 16.7 Å². The number of rotatable bonds is 23. The van der Waals surface area contributed by atoms with Crippen LogP contribution in [0.1, 0.15) is 47.0 Å². The highest BCUT2D eigenvalue weighted by Crippen LogP contribution is 3.18. The molecular weight excluding hydrogens is 1460 g/mol. The smallest absolute Gasteiger partial charge is 0.426 e. The van der Waals surface area contributed by atoms with Crippen LogP contribution < -0.4 is 0 Å². The monoisotopic (exact) mass is 1530 g/mol. The predicted molar refractivity (Wildman–Crippen MR) is 384 cm³/mol. The van der Waals surface area contributed by atoms with Gasteiger partial charge in [0.15, 0.2) is 11.7 Å². The van der Waals surface area contributed by atoms with Crippen molar-refractivity contribution < 1.29 is 50.3 Å². The van der Waals surface area contributed by atoms with Gasteiger partial charge in [-0.15, -0.1) is 134 Å². The molecule has 1 N–H and O–H groups in total. The Bertz CT molecular complexity index is 1810. The minimum Gasteiger partial charge on any atom is -0.426 e. The van der Waals surface area contributed by atoms with E-state index in [9.17, 15) is 18.3 Å². The maximum absolute atomic E-state index is 14.5. The van der Waals surface area contributed by atoms with Crippen molar-refractivity contribution in [1.29, 1.82) is 0 Å². The summed E-state index contributed by atoms with van der Waals surface area (Å²) in [7, 11) is 42.8. The molecule has 2 bridgehead atoms. The first kappa shape index (κ1) is 71.5. The van der Waals surface area contributed by atoms with Crippen LogP contribution in [-0.2, 0) is 42.1 Å². The van der Waals surface area contributed by atoms with Gasteiger partial charge in [0.05, 0.1) is 66.2 Å². The minimum absolute atomic E-state index is 0.132. The maximum Gasteiger partial charge on any atom is 0.509 e. The van der Waals surface area contributed by atoms with E-state index in [1.54, 1.807) is 0 Å². The third kappa shape index (κ3) is 17.2. The second-order valence-corrected chi connectivity index (χ2v) is 126. The Balaban J connectivity index is 2.26. The molecule has 1 spiro atoms. The lowest BCUT2D eigenvalue weighted by Gasteiger charge is -2.65. The van der Waals surface area contributed by atoms with Crippen LogP contribution in [0, 0.1) is 16.7 Å². The van der Waals surface area contributed by atoms with Crippen LogP contribution in [-0.4, -0.2) is 87.3 Å². The lowest BCUT2D eigenvalue weighted by molar-refractivity contribution is -0.277. The summed E-state index contributed by atoms with van der Waals surface area (Å²) in [6.07, 6.45) is -2.71.